The Morgan fingerprint density at radius 1 is 0.731 bits per heavy atom. The lowest BCUT2D eigenvalue weighted by molar-refractivity contribution is 0.0991. The number of imidazole rings is 2. The smallest absolute Gasteiger partial charge is 0.276 e. The number of anilines is 2. The minimum atomic E-state index is -0.701. The molecule has 0 saturated heterocycles. The van der Waals surface area contributed by atoms with Gasteiger partial charge in [-0.3, -0.25) is 39.2 Å². The van der Waals surface area contributed by atoms with E-state index in [9.17, 15) is 19.2 Å². The van der Waals surface area contributed by atoms with Crippen LogP contribution in [0.5, 0.6) is 11.5 Å². The Bertz CT molecular complexity index is 2400. The van der Waals surface area contributed by atoms with Crippen LogP contribution < -0.4 is 31.6 Å². The first-order chi connectivity index (χ1) is 24.8. The lowest BCUT2D eigenvalue weighted by Gasteiger charge is -2.14. The van der Waals surface area contributed by atoms with E-state index in [1.807, 2.05) is 13.8 Å². The van der Waals surface area contributed by atoms with E-state index < -0.39 is 23.6 Å². The average molecular weight is 711 g/mol. The van der Waals surface area contributed by atoms with Crippen molar-refractivity contribution in [1.29, 1.82) is 0 Å². The zero-order valence-electron chi connectivity index (χ0n) is 29.5. The second kappa shape index (κ2) is 13.9. The molecule has 270 valence electrons. The molecule has 0 spiro atoms. The molecule has 6 N–H and O–H groups in total. The number of hydrogen-bond donors (Lipinski definition) is 4. The number of nitrogens with two attached hydrogens (primary N) is 2. The monoisotopic (exact) mass is 710 g/mol. The maximum atomic E-state index is 13.5. The fourth-order valence-corrected chi connectivity index (χ4v) is 6.03. The van der Waals surface area contributed by atoms with E-state index in [0.29, 0.717) is 63.7 Å². The van der Waals surface area contributed by atoms with E-state index >= 15 is 0 Å². The molecule has 6 aromatic rings. The zero-order chi connectivity index (χ0) is 37.4. The molecule has 0 radical (unpaired) electrons. The Balaban J connectivity index is 1.36. The van der Waals surface area contributed by atoms with Gasteiger partial charge in [-0.15, -0.1) is 0 Å². The Morgan fingerprint density at radius 3 is 1.75 bits per heavy atom. The number of carbonyl (C=O) groups is 4. The van der Waals surface area contributed by atoms with Crippen LogP contribution in [0, 0.1) is 13.8 Å². The van der Waals surface area contributed by atoms with E-state index in [2.05, 4.69) is 30.8 Å². The molecule has 52 heavy (non-hydrogen) atoms. The number of benzene rings is 2. The lowest BCUT2D eigenvalue weighted by atomic mass is 10.1. The van der Waals surface area contributed by atoms with Gasteiger partial charge in [-0.25, -0.2) is 9.97 Å². The molecule has 0 saturated carbocycles. The number of amides is 4. The third-order valence-corrected chi connectivity index (χ3v) is 8.42. The number of aryl methyl sites for hydroxylation is 5. The van der Waals surface area contributed by atoms with Crippen LogP contribution >= 0.6 is 0 Å². The number of hydrogen-bond acceptors (Lipinski definition) is 10. The molecule has 0 aliphatic heterocycles. The highest BCUT2D eigenvalue weighted by molar-refractivity contribution is 6.05. The molecule has 4 heterocycles. The van der Waals surface area contributed by atoms with Gasteiger partial charge in [0.1, 0.15) is 40.5 Å². The standard InChI is InChI=1S/C34H38N12O6/c1-7-45-23(11-17(3)41-45)31(49)39-33-37-21-13-20(30(36)48)16-26(27(21)43(33)5)52-10-9-44-28-22(14-19(29(35)47)15-25(28)51-6)38-34(44)40-32(50)24-12-18(4)42-46(24)8-2/h11-16H,7-10H2,1-6H3,(H2,35,47)(H2,36,48)(H,37,39,49)(H,38,40,50). The third-order valence-electron chi connectivity index (χ3n) is 8.42. The largest absolute Gasteiger partial charge is 0.494 e. The number of carbonyl (C=O) groups excluding carboxylic acids is 4. The highest BCUT2D eigenvalue weighted by Gasteiger charge is 2.23. The number of nitrogens with zero attached hydrogens (tertiary/aromatic N) is 8. The Morgan fingerprint density at radius 2 is 1.23 bits per heavy atom. The van der Waals surface area contributed by atoms with Gasteiger partial charge in [0.25, 0.3) is 11.8 Å². The predicted octanol–water partition coefficient (Wildman–Crippen LogP) is 2.76. The molecule has 0 aliphatic carbocycles. The van der Waals surface area contributed by atoms with Gasteiger partial charge in [0, 0.05) is 31.3 Å². The predicted molar refractivity (Wildman–Crippen MR) is 191 cm³/mol. The topological polar surface area (TPSA) is 234 Å². The van der Waals surface area contributed by atoms with Gasteiger partial charge in [0.05, 0.1) is 36.1 Å². The average Bonchev–Trinajstić information content (AvgIpc) is 3.86. The summed E-state index contributed by atoms with van der Waals surface area (Å²) in [5.41, 5.74) is 15.3. The first kappa shape index (κ1) is 35.1. The minimum Gasteiger partial charge on any atom is -0.494 e. The highest BCUT2D eigenvalue weighted by atomic mass is 16.5. The molecule has 0 unspecified atom stereocenters. The summed E-state index contributed by atoms with van der Waals surface area (Å²) in [5, 5.41) is 14.4. The molecule has 6 rings (SSSR count). The Hall–Kier alpha value is -6.72. The first-order valence-corrected chi connectivity index (χ1v) is 16.4. The fraction of sp³-hybridized carbons (Fsp3) is 0.294. The van der Waals surface area contributed by atoms with E-state index in [1.165, 1.54) is 31.4 Å². The van der Waals surface area contributed by atoms with Gasteiger partial charge in [-0.2, -0.15) is 10.2 Å². The van der Waals surface area contributed by atoms with Crippen molar-refractivity contribution in [2.75, 3.05) is 24.4 Å². The van der Waals surface area contributed by atoms with Crippen molar-refractivity contribution in [3.63, 3.8) is 0 Å². The fourth-order valence-electron chi connectivity index (χ4n) is 6.03. The summed E-state index contributed by atoms with van der Waals surface area (Å²) in [7, 11) is 3.14. The maximum absolute atomic E-state index is 13.5. The Labute approximate surface area is 296 Å². The third kappa shape index (κ3) is 6.48. The lowest BCUT2D eigenvalue weighted by Crippen LogP contribution is -2.21. The quantitative estimate of drug-likeness (QED) is 0.137. The first-order valence-electron chi connectivity index (χ1n) is 16.4. The van der Waals surface area contributed by atoms with Gasteiger partial charge in [-0.05, 0) is 64.1 Å². The van der Waals surface area contributed by atoms with Gasteiger partial charge in [0.15, 0.2) is 0 Å². The van der Waals surface area contributed by atoms with Crippen molar-refractivity contribution in [3.8, 4) is 11.5 Å². The normalized spacial score (nSPS) is 11.3. The Kier molecular flexibility index (Phi) is 9.38. The van der Waals surface area contributed by atoms with Crippen LogP contribution in [0.15, 0.2) is 36.4 Å². The number of primary amides is 2. The number of ether oxygens (including phenoxy) is 2. The molecule has 0 atom stereocenters. The summed E-state index contributed by atoms with van der Waals surface area (Å²) in [5.74, 6) is -1.34. The molecule has 18 nitrogen and oxygen atoms in total. The van der Waals surface area contributed by atoms with Gasteiger partial charge >= 0.3 is 0 Å². The van der Waals surface area contributed by atoms with Gasteiger partial charge in [-0.1, -0.05) is 0 Å². The van der Waals surface area contributed by atoms with E-state index in [4.69, 9.17) is 20.9 Å². The summed E-state index contributed by atoms with van der Waals surface area (Å²) in [6, 6.07) is 9.36. The van der Waals surface area contributed by atoms with Crippen molar-refractivity contribution in [3.05, 3.63) is 70.3 Å². The molecule has 0 aliphatic rings. The van der Waals surface area contributed by atoms with E-state index in [1.54, 1.807) is 51.5 Å². The highest BCUT2D eigenvalue weighted by Crippen LogP contribution is 2.33. The van der Waals surface area contributed by atoms with Crippen LogP contribution in [-0.2, 0) is 26.7 Å². The number of rotatable bonds is 13. The summed E-state index contributed by atoms with van der Waals surface area (Å²) >= 11 is 0. The number of fused-ring (bicyclic) bond motifs is 2. The second-order valence-corrected chi connectivity index (χ2v) is 11.9. The van der Waals surface area contributed by atoms with Crippen LogP contribution in [0.3, 0.4) is 0 Å². The number of nitrogens with one attached hydrogen (secondary N) is 2. The van der Waals surface area contributed by atoms with Gasteiger partial charge in [0.2, 0.25) is 23.7 Å². The minimum absolute atomic E-state index is 0.0137. The summed E-state index contributed by atoms with van der Waals surface area (Å²) in [6.45, 7) is 8.41. The van der Waals surface area contributed by atoms with Crippen molar-refractivity contribution in [2.45, 2.75) is 47.3 Å². The maximum Gasteiger partial charge on any atom is 0.276 e. The number of aromatic nitrogens is 8. The van der Waals surface area contributed by atoms with E-state index in [0.717, 1.165) is 0 Å². The molecule has 0 fully saturated rings. The summed E-state index contributed by atoms with van der Waals surface area (Å²) in [4.78, 5) is 60.4. The van der Waals surface area contributed by atoms with Crippen LogP contribution in [0.25, 0.3) is 22.1 Å². The SMILES string of the molecule is CCn1nc(C)cc1C(=O)Nc1nc2cc(C(N)=O)cc(OCCn3c(NC(=O)c4cc(C)nn4CC)nc4cc(C(N)=O)cc(OC)c43)c2n1C. The van der Waals surface area contributed by atoms with Crippen molar-refractivity contribution < 1.29 is 28.7 Å². The molecular weight excluding hydrogens is 672 g/mol. The zero-order valence-corrected chi connectivity index (χ0v) is 29.5. The van der Waals surface area contributed by atoms with Crippen LogP contribution in [0.1, 0.15) is 66.9 Å². The molecule has 0 bridgehead atoms. The summed E-state index contributed by atoms with van der Waals surface area (Å²) in [6.07, 6.45) is 0. The molecule has 4 amide bonds. The summed E-state index contributed by atoms with van der Waals surface area (Å²) < 4.78 is 18.4. The van der Waals surface area contributed by atoms with Gasteiger partial charge < -0.3 is 30.1 Å². The van der Waals surface area contributed by atoms with Crippen molar-refractivity contribution in [1.82, 2.24) is 38.7 Å². The molecule has 4 aromatic heterocycles. The molecule has 18 heteroatoms. The second-order valence-electron chi connectivity index (χ2n) is 11.9. The molecule has 2 aromatic carbocycles. The van der Waals surface area contributed by atoms with Crippen LogP contribution in [-0.4, -0.2) is 76.0 Å². The van der Waals surface area contributed by atoms with Crippen LogP contribution in [0.4, 0.5) is 11.9 Å². The van der Waals surface area contributed by atoms with Crippen LogP contribution in [0.2, 0.25) is 0 Å². The number of methoxy groups -OCH3 is 1. The molecular formula is C34H38N12O6. The van der Waals surface area contributed by atoms with Crippen molar-refractivity contribution >= 4 is 57.6 Å². The van der Waals surface area contributed by atoms with Crippen molar-refractivity contribution in [2.24, 2.45) is 18.5 Å². The van der Waals surface area contributed by atoms with E-state index in [-0.39, 0.29) is 41.9 Å².